The van der Waals surface area contributed by atoms with Gasteiger partial charge in [0.1, 0.15) is 5.69 Å². The number of hydrogen-bond acceptors (Lipinski definition) is 1. The van der Waals surface area contributed by atoms with Crippen LogP contribution in [0.3, 0.4) is 0 Å². The Labute approximate surface area is 78.3 Å². The largest absolute Gasteiger partial charge is 0.364 e. The van der Waals surface area contributed by atoms with E-state index in [2.05, 4.69) is 4.98 Å². The lowest BCUT2D eigenvalue weighted by atomic mass is 10.3. The first-order chi connectivity index (χ1) is 5.54. The molecule has 1 nitrogen and oxygen atoms in total. The average molecular weight is 212 g/mol. The van der Waals surface area contributed by atoms with Gasteiger partial charge in [-0.2, -0.15) is 8.78 Å². The van der Waals surface area contributed by atoms with Crippen molar-refractivity contribution in [3.8, 4) is 0 Å². The molecule has 66 valence electrons. The molecule has 0 radical (unpaired) electrons. The minimum Gasteiger partial charge on any atom is -0.253 e. The molecule has 0 aliphatic rings. The van der Waals surface area contributed by atoms with Gasteiger partial charge < -0.3 is 0 Å². The van der Waals surface area contributed by atoms with E-state index in [0.29, 0.717) is 5.56 Å². The SMILES string of the molecule is FC(F)(Cl)c1ccc(CCl)cn1. The number of nitrogens with zero attached hydrogens (tertiary/aromatic N) is 1. The summed E-state index contributed by atoms with van der Waals surface area (Å²) >= 11 is 10.2. The van der Waals surface area contributed by atoms with E-state index in [-0.39, 0.29) is 5.88 Å². The van der Waals surface area contributed by atoms with Crippen LogP contribution in [0.5, 0.6) is 0 Å². The van der Waals surface area contributed by atoms with Gasteiger partial charge in [0, 0.05) is 12.1 Å². The van der Waals surface area contributed by atoms with Crippen LogP contribution in [0.4, 0.5) is 8.78 Å². The molecule has 0 amide bonds. The summed E-state index contributed by atoms with van der Waals surface area (Å²) in [5.41, 5.74) is 0.222. The number of halogens is 4. The number of alkyl halides is 4. The standard InChI is InChI=1S/C7H5Cl2F2N/c8-3-5-1-2-6(12-4-5)7(9,10)11/h1-2,4H,3H2. The molecule has 0 N–H and O–H groups in total. The fourth-order valence-electron chi connectivity index (χ4n) is 0.671. The molecule has 0 saturated heterocycles. The van der Waals surface area contributed by atoms with Crippen molar-refractivity contribution in [2.45, 2.75) is 11.3 Å². The Morgan fingerprint density at radius 3 is 2.42 bits per heavy atom. The van der Waals surface area contributed by atoms with E-state index in [1.165, 1.54) is 12.3 Å². The zero-order valence-corrected chi connectivity index (χ0v) is 7.41. The Balaban J connectivity index is 2.93. The van der Waals surface area contributed by atoms with Crippen LogP contribution in [0.1, 0.15) is 11.3 Å². The van der Waals surface area contributed by atoms with Crippen LogP contribution in [-0.2, 0) is 11.3 Å². The van der Waals surface area contributed by atoms with Gasteiger partial charge >= 0.3 is 5.38 Å². The van der Waals surface area contributed by atoms with Crippen molar-refractivity contribution in [3.05, 3.63) is 29.6 Å². The van der Waals surface area contributed by atoms with Crippen molar-refractivity contribution in [2.75, 3.05) is 0 Å². The maximum absolute atomic E-state index is 12.4. The van der Waals surface area contributed by atoms with Crippen LogP contribution in [0.25, 0.3) is 0 Å². The summed E-state index contributed by atoms with van der Waals surface area (Å²) in [6.45, 7) is 0. The first-order valence-electron chi connectivity index (χ1n) is 3.12. The highest BCUT2D eigenvalue weighted by Crippen LogP contribution is 2.30. The van der Waals surface area contributed by atoms with Gasteiger partial charge in [-0.15, -0.1) is 11.6 Å². The molecule has 0 aromatic carbocycles. The molecule has 0 saturated carbocycles. The summed E-state index contributed by atoms with van der Waals surface area (Å²) < 4.78 is 24.7. The normalized spacial score (nSPS) is 11.7. The van der Waals surface area contributed by atoms with Crippen LogP contribution < -0.4 is 0 Å². The maximum Gasteiger partial charge on any atom is 0.364 e. The Hall–Kier alpha value is -0.410. The topological polar surface area (TPSA) is 12.9 Å². The van der Waals surface area contributed by atoms with Crippen molar-refractivity contribution >= 4 is 23.2 Å². The molecular formula is C7H5Cl2F2N. The van der Waals surface area contributed by atoms with E-state index >= 15 is 0 Å². The Morgan fingerprint density at radius 1 is 1.42 bits per heavy atom. The third kappa shape index (κ3) is 2.29. The summed E-state index contributed by atoms with van der Waals surface area (Å²) in [4.78, 5) is 3.45. The lowest BCUT2D eigenvalue weighted by Crippen LogP contribution is -2.05. The fraction of sp³-hybridized carbons (Fsp3) is 0.286. The summed E-state index contributed by atoms with van der Waals surface area (Å²) in [6.07, 6.45) is 1.28. The molecule has 0 spiro atoms. The number of aromatic nitrogens is 1. The van der Waals surface area contributed by atoms with Crippen LogP contribution in [-0.4, -0.2) is 4.98 Å². The number of pyridine rings is 1. The highest BCUT2D eigenvalue weighted by atomic mass is 35.5. The van der Waals surface area contributed by atoms with E-state index in [0.717, 1.165) is 6.07 Å². The monoisotopic (exact) mass is 211 g/mol. The molecule has 1 aromatic rings. The molecule has 0 atom stereocenters. The molecule has 1 aromatic heterocycles. The van der Waals surface area contributed by atoms with E-state index in [9.17, 15) is 8.78 Å². The smallest absolute Gasteiger partial charge is 0.253 e. The van der Waals surface area contributed by atoms with Gasteiger partial charge in [0.25, 0.3) is 0 Å². The summed E-state index contributed by atoms with van der Waals surface area (Å²) in [7, 11) is 0. The molecule has 0 aliphatic heterocycles. The summed E-state index contributed by atoms with van der Waals surface area (Å²) in [5, 5.41) is -3.40. The van der Waals surface area contributed by atoms with Gasteiger partial charge in [-0.25, -0.2) is 0 Å². The van der Waals surface area contributed by atoms with Crippen molar-refractivity contribution in [1.29, 1.82) is 0 Å². The van der Waals surface area contributed by atoms with Gasteiger partial charge in [0.15, 0.2) is 0 Å². The minimum absolute atomic E-state index is 0.251. The predicted octanol–water partition coefficient (Wildman–Crippen LogP) is 3.11. The van der Waals surface area contributed by atoms with Crippen LogP contribution in [0.2, 0.25) is 0 Å². The van der Waals surface area contributed by atoms with E-state index in [4.69, 9.17) is 23.2 Å². The fourth-order valence-corrected chi connectivity index (χ4v) is 0.941. The van der Waals surface area contributed by atoms with Crippen LogP contribution in [0, 0.1) is 0 Å². The quantitative estimate of drug-likeness (QED) is 0.686. The molecule has 0 unspecified atom stereocenters. The highest BCUT2D eigenvalue weighted by Gasteiger charge is 2.29. The van der Waals surface area contributed by atoms with E-state index in [1.54, 1.807) is 0 Å². The van der Waals surface area contributed by atoms with Crippen molar-refractivity contribution < 1.29 is 8.78 Å². The lowest BCUT2D eigenvalue weighted by molar-refractivity contribution is 0.0900. The Morgan fingerprint density at radius 2 is 2.08 bits per heavy atom. The third-order valence-corrected chi connectivity index (χ3v) is 1.77. The highest BCUT2D eigenvalue weighted by molar-refractivity contribution is 6.21. The first kappa shape index (κ1) is 9.68. The Bertz CT molecular complexity index is 255. The summed E-state index contributed by atoms with van der Waals surface area (Å²) in [5.74, 6) is 0.251. The molecule has 0 fully saturated rings. The van der Waals surface area contributed by atoms with Crippen molar-refractivity contribution in [1.82, 2.24) is 4.98 Å². The van der Waals surface area contributed by atoms with Crippen LogP contribution >= 0.6 is 23.2 Å². The second kappa shape index (κ2) is 3.54. The van der Waals surface area contributed by atoms with Crippen molar-refractivity contribution in [3.63, 3.8) is 0 Å². The van der Waals surface area contributed by atoms with Crippen LogP contribution in [0.15, 0.2) is 18.3 Å². The molecule has 0 bridgehead atoms. The average Bonchev–Trinajstić information content (AvgIpc) is 2.03. The van der Waals surface area contributed by atoms with Gasteiger partial charge in [-0.3, -0.25) is 4.98 Å². The lowest BCUT2D eigenvalue weighted by Gasteiger charge is -2.06. The van der Waals surface area contributed by atoms with Gasteiger partial charge in [-0.1, -0.05) is 6.07 Å². The Kier molecular flexibility index (Phi) is 2.85. The minimum atomic E-state index is -3.40. The molecule has 5 heteroatoms. The first-order valence-corrected chi connectivity index (χ1v) is 4.03. The van der Waals surface area contributed by atoms with Gasteiger partial charge in [-0.05, 0) is 23.2 Å². The molecule has 1 heterocycles. The zero-order valence-electron chi connectivity index (χ0n) is 5.90. The van der Waals surface area contributed by atoms with E-state index < -0.39 is 11.1 Å². The summed E-state index contributed by atoms with van der Waals surface area (Å²) in [6, 6.07) is 2.62. The van der Waals surface area contributed by atoms with E-state index in [1.807, 2.05) is 0 Å². The molecular weight excluding hydrogens is 207 g/mol. The van der Waals surface area contributed by atoms with Crippen molar-refractivity contribution in [2.24, 2.45) is 0 Å². The van der Waals surface area contributed by atoms with Gasteiger partial charge in [0.05, 0.1) is 0 Å². The molecule has 0 aliphatic carbocycles. The number of rotatable bonds is 2. The molecule has 1 rings (SSSR count). The second-order valence-electron chi connectivity index (χ2n) is 2.18. The second-order valence-corrected chi connectivity index (χ2v) is 2.93. The number of hydrogen-bond donors (Lipinski definition) is 0. The maximum atomic E-state index is 12.4. The molecule has 12 heavy (non-hydrogen) atoms. The zero-order chi connectivity index (χ0) is 9.19. The van der Waals surface area contributed by atoms with Gasteiger partial charge in [0.2, 0.25) is 0 Å². The predicted molar refractivity (Wildman–Crippen MR) is 43.5 cm³/mol. The third-order valence-electron chi connectivity index (χ3n) is 1.27.